The van der Waals surface area contributed by atoms with E-state index in [4.69, 9.17) is 9.84 Å². The lowest BCUT2D eigenvalue weighted by molar-refractivity contribution is -0.133. The number of aromatic hydroxyl groups is 1. The second-order valence-corrected chi connectivity index (χ2v) is 3.38. The number of hydrogen-bond donors (Lipinski definition) is 2. The van der Waals surface area contributed by atoms with E-state index in [1.165, 1.54) is 12.1 Å². The smallest absolute Gasteiger partial charge is 0.335 e. The van der Waals surface area contributed by atoms with Gasteiger partial charge in [-0.15, -0.1) is 0 Å². The van der Waals surface area contributed by atoms with Gasteiger partial charge in [0.25, 0.3) is 0 Å². The lowest BCUT2D eigenvalue weighted by Crippen LogP contribution is -2.16. The topological polar surface area (TPSA) is 66.8 Å². The first-order chi connectivity index (χ1) is 7.09. The Balaban J connectivity index is 2.59. The highest BCUT2D eigenvalue weighted by Crippen LogP contribution is 2.34. The van der Waals surface area contributed by atoms with Gasteiger partial charge in [-0.25, -0.2) is 4.79 Å². The largest absolute Gasteiger partial charge is 0.508 e. The van der Waals surface area contributed by atoms with Gasteiger partial charge >= 0.3 is 5.97 Å². The molecule has 0 amide bonds. The Morgan fingerprint density at radius 1 is 1.47 bits per heavy atom. The molecule has 0 spiro atoms. The lowest BCUT2D eigenvalue weighted by atomic mass is 9.98. The molecular formula is C11H10O4. The average molecular weight is 206 g/mol. The fraction of sp³-hybridized carbons (Fsp3) is 0.182. The van der Waals surface area contributed by atoms with Crippen molar-refractivity contribution in [3.8, 4) is 11.5 Å². The van der Waals surface area contributed by atoms with E-state index >= 15 is 0 Å². The summed E-state index contributed by atoms with van der Waals surface area (Å²) in [4.78, 5) is 10.9. The summed E-state index contributed by atoms with van der Waals surface area (Å²) in [6.07, 6.45) is 0. The van der Waals surface area contributed by atoms with Gasteiger partial charge < -0.3 is 14.9 Å². The maximum atomic E-state index is 10.9. The molecule has 0 fully saturated rings. The summed E-state index contributed by atoms with van der Waals surface area (Å²) in [6, 6.07) is 4.65. The molecule has 1 aromatic rings. The van der Waals surface area contributed by atoms with Gasteiger partial charge in [-0.1, -0.05) is 0 Å². The van der Waals surface area contributed by atoms with Crippen molar-refractivity contribution in [3.05, 3.63) is 29.3 Å². The number of ether oxygens (including phenoxy) is 1. The maximum absolute atomic E-state index is 10.9. The third kappa shape index (κ3) is 1.54. The minimum absolute atomic E-state index is 0.0684. The molecule has 0 atom stereocenters. The first-order valence-electron chi connectivity index (χ1n) is 4.49. The van der Waals surface area contributed by atoms with Crippen LogP contribution in [-0.4, -0.2) is 22.8 Å². The van der Waals surface area contributed by atoms with Crippen molar-refractivity contribution >= 4 is 11.5 Å². The highest BCUT2D eigenvalue weighted by Gasteiger charge is 2.21. The monoisotopic (exact) mass is 206 g/mol. The SMILES string of the molecule is CC1=C(C(=O)O)COc2ccc(O)cc21. The summed E-state index contributed by atoms with van der Waals surface area (Å²) in [5.41, 5.74) is 1.51. The van der Waals surface area contributed by atoms with Crippen molar-refractivity contribution in [1.29, 1.82) is 0 Å². The molecular weight excluding hydrogens is 196 g/mol. The second kappa shape index (κ2) is 3.31. The third-order valence-corrected chi connectivity index (χ3v) is 2.45. The third-order valence-electron chi connectivity index (χ3n) is 2.45. The molecule has 0 bridgehead atoms. The number of phenolic OH excluding ortho intramolecular Hbond substituents is 1. The zero-order valence-electron chi connectivity index (χ0n) is 8.15. The van der Waals surface area contributed by atoms with Crippen LogP contribution in [0.4, 0.5) is 0 Å². The van der Waals surface area contributed by atoms with Crippen LogP contribution >= 0.6 is 0 Å². The van der Waals surface area contributed by atoms with Gasteiger partial charge in [0.05, 0.1) is 5.57 Å². The molecule has 1 aliphatic rings. The molecule has 2 rings (SSSR count). The van der Waals surface area contributed by atoms with E-state index in [-0.39, 0.29) is 17.9 Å². The number of aliphatic carboxylic acids is 1. The van der Waals surface area contributed by atoms with E-state index in [0.717, 1.165) is 0 Å². The molecule has 0 saturated heterocycles. The molecule has 0 unspecified atom stereocenters. The Kier molecular flexibility index (Phi) is 2.11. The fourth-order valence-electron chi connectivity index (χ4n) is 1.58. The number of carboxylic acids is 1. The summed E-state index contributed by atoms with van der Waals surface area (Å²) in [5.74, 6) is -0.278. The van der Waals surface area contributed by atoms with Crippen molar-refractivity contribution in [2.45, 2.75) is 6.92 Å². The first-order valence-corrected chi connectivity index (χ1v) is 4.49. The molecule has 0 saturated carbocycles. The number of hydrogen-bond acceptors (Lipinski definition) is 3. The van der Waals surface area contributed by atoms with Gasteiger partial charge in [-0.05, 0) is 30.7 Å². The van der Waals surface area contributed by atoms with Crippen molar-refractivity contribution in [3.63, 3.8) is 0 Å². The van der Waals surface area contributed by atoms with Crippen LogP contribution in [-0.2, 0) is 4.79 Å². The van der Waals surface area contributed by atoms with Crippen LogP contribution in [0.15, 0.2) is 23.8 Å². The summed E-state index contributed by atoms with van der Waals surface area (Å²) in [6.45, 7) is 1.78. The Labute approximate surface area is 86.4 Å². The minimum atomic E-state index is -0.985. The maximum Gasteiger partial charge on any atom is 0.335 e. The van der Waals surface area contributed by atoms with E-state index in [1.807, 2.05) is 0 Å². The van der Waals surface area contributed by atoms with Crippen molar-refractivity contribution in [2.75, 3.05) is 6.61 Å². The van der Waals surface area contributed by atoms with E-state index < -0.39 is 5.97 Å². The molecule has 15 heavy (non-hydrogen) atoms. The summed E-state index contributed by atoms with van der Waals surface area (Å²) in [5, 5.41) is 18.2. The second-order valence-electron chi connectivity index (χ2n) is 3.38. The fourth-order valence-corrected chi connectivity index (χ4v) is 1.58. The molecule has 1 heterocycles. The van der Waals surface area contributed by atoms with Crippen molar-refractivity contribution < 1.29 is 19.7 Å². The molecule has 2 N–H and O–H groups in total. The van der Waals surface area contributed by atoms with Crippen LogP contribution in [0.3, 0.4) is 0 Å². The van der Waals surface area contributed by atoms with Crippen LogP contribution in [0.2, 0.25) is 0 Å². The highest BCUT2D eigenvalue weighted by molar-refractivity contribution is 5.98. The number of carbonyl (C=O) groups is 1. The number of allylic oxidation sites excluding steroid dienone is 1. The van der Waals surface area contributed by atoms with Crippen LogP contribution in [0, 0.1) is 0 Å². The molecule has 4 heteroatoms. The standard InChI is InChI=1S/C11H10O4/c1-6-8-4-7(12)2-3-10(8)15-5-9(6)11(13)14/h2-4,12H,5H2,1H3,(H,13,14). The zero-order valence-corrected chi connectivity index (χ0v) is 8.15. The Morgan fingerprint density at radius 3 is 2.87 bits per heavy atom. The number of rotatable bonds is 1. The first kappa shape index (κ1) is 9.58. The van der Waals surface area contributed by atoms with Gasteiger partial charge in [0.1, 0.15) is 18.1 Å². The van der Waals surface area contributed by atoms with Crippen molar-refractivity contribution in [1.82, 2.24) is 0 Å². The van der Waals surface area contributed by atoms with Crippen LogP contribution in [0.5, 0.6) is 11.5 Å². The normalized spacial score (nSPS) is 14.5. The zero-order chi connectivity index (χ0) is 11.0. The van der Waals surface area contributed by atoms with Gasteiger partial charge in [0.15, 0.2) is 0 Å². The summed E-state index contributed by atoms with van der Waals surface area (Å²) in [7, 11) is 0. The average Bonchev–Trinajstić information content (AvgIpc) is 2.19. The van der Waals surface area contributed by atoms with Crippen LogP contribution in [0.25, 0.3) is 5.57 Å². The van der Waals surface area contributed by atoms with E-state index in [9.17, 15) is 9.90 Å². The Bertz CT molecular complexity index is 460. The number of fused-ring (bicyclic) bond motifs is 1. The molecule has 0 aromatic heterocycles. The summed E-state index contributed by atoms with van der Waals surface area (Å²) < 4.78 is 5.27. The predicted octanol–water partition coefficient (Wildman–Crippen LogP) is 1.64. The Hall–Kier alpha value is -1.97. The molecule has 78 valence electrons. The number of phenols is 1. The molecule has 4 nitrogen and oxygen atoms in total. The molecule has 0 radical (unpaired) electrons. The number of benzene rings is 1. The van der Waals surface area contributed by atoms with E-state index in [2.05, 4.69) is 0 Å². The van der Waals surface area contributed by atoms with Gasteiger partial charge in [-0.3, -0.25) is 0 Å². The van der Waals surface area contributed by atoms with Gasteiger partial charge in [0, 0.05) is 5.56 Å². The van der Waals surface area contributed by atoms with Gasteiger partial charge in [-0.2, -0.15) is 0 Å². The van der Waals surface area contributed by atoms with Crippen LogP contribution < -0.4 is 4.74 Å². The quantitative estimate of drug-likeness (QED) is 0.733. The molecule has 1 aliphatic heterocycles. The van der Waals surface area contributed by atoms with E-state index in [0.29, 0.717) is 16.9 Å². The molecule has 0 aliphatic carbocycles. The van der Waals surface area contributed by atoms with Crippen molar-refractivity contribution in [2.24, 2.45) is 0 Å². The predicted molar refractivity (Wildman–Crippen MR) is 53.8 cm³/mol. The van der Waals surface area contributed by atoms with Crippen LogP contribution in [0.1, 0.15) is 12.5 Å². The minimum Gasteiger partial charge on any atom is -0.508 e. The lowest BCUT2D eigenvalue weighted by Gasteiger charge is -2.19. The highest BCUT2D eigenvalue weighted by atomic mass is 16.5. The Morgan fingerprint density at radius 2 is 2.20 bits per heavy atom. The molecule has 1 aromatic carbocycles. The summed E-state index contributed by atoms with van der Waals surface area (Å²) >= 11 is 0. The van der Waals surface area contributed by atoms with Gasteiger partial charge in [0.2, 0.25) is 0 Å². The van der Waals surface area contributed by atoms with E-state index in [1.54, 1.807) is 13.0 Å². The number of carboxylic acid groups (broad SMARTS) is 1.